The topological polar surface area (TPSA) is 67.6 Å². The van der Waals surface area contributed by atoms with E-state index in [4.69, 9.17) is 5.73 Å². The average Bonchev–Trinajstić information content (AvgIpc) is 2.80. The largest absolute Gasteiger partial charge is 0.330 e. The summed E-state index contributed by atoms with van der Waals surface area (Å²) in [6.45, 7) is 4.87. The van der Waals surface area contributed by atoms with Crippen LogP contribution in [0.5, 0.6) is 0 Å². The third-order valence-electron chi connectivity index (χ3n) is 2.94. The first kappa shape index (κ1) is 11.8. The van der Waals surface area contributed by atoms with Gasteiger partial charge in [0, 0.05) is 18.0 Å². The quantitative estimate of drug-likeness (QED) is 0.845. The number of aromatic amines is 1. The molecule has 90 valence electrons. The van der Waals surface area contributed by atoms with Crippen LogP contribution in [0, 0.1) is 5.92 Å². The monoisotopic (exact) mass is 230 g/mol. The van der Waals surface area contributed by atoms with E-state index in [1.54, 1.807) is 0 Å². The first-order chi connectivity index (χ1) is 8.22. The van der Waals surface area contributed by atoms with Gasteiger partial charge in [0.1, 0.15) is 5.82 Å². The molecule has 1 atom stereocenters. The van der Waals surface area contributed by atoms with Crippen molar-refractivity contribution in [1.29, 1.82) is 0 Å². The van der Waals surface area contributed by atoms with E-state index in [1.807, 2.05) is 30.3 Å². The van der Waals surface area contributed by atoms with Crippen molar-refractivity contribution in [2.45, 2.75) is 19.8 Å². The van der Waals surface area contributed by atoms with Crippen molar-refractivity contribution in [3.63, 3.8) is 0 Å². The third kappa shape index (κ3) is 2.53. The lowest BCUT2D eigenvalue weighted by Crippen LogP contribution is -2.19. The maximum Gasteiger partial charge on any atom is 0.181 e. The zero-order chi connectivity index (χ0) is 12.3. The van der Waals surface area contributed by atoms with Crippen molar-refractivity contribution in [2.75, 3.05) is 6.54 Å². The summed E-state index contributed by atoms with van der Waals surface area (Å²) in [4.78, 5) is 4.53. The standard InChI is InChI=1S/C13H18N4/c1-9(2)11(8-14)13-15-12(16-17-13)10-6-4-3-5-7-10/h3-7,9,11H,8,14H2,1-2H3,(H,15,16,17). The molecule has 2 aromatic rings. The fraction of sp³-hybridized carbons (Fsp3) is 0.385. The lowest BCUT2D eigenvalue weighted by atomic mass is 9.95. The second kappa shape index (κ2) is 5.10. The van der Waals surface area contributed by atoms with Crippen LogP contribution in [0.4, 0.5) is 0 Å². The molecule has 0 spiro atoms. The van der Waals surface area contributed by atoms with Gasteiger partial charge in [-0.3, -0.25) is 5.10 Å². The highest BCUT2D eigenvalue weighted by Crippen LogP contribution is 2.22. The van der Waals surface area contributed by atoms with E-state index in [0.29, 0.717) is 12.5 Å². The first-order valence-electron chi connectivity index (χ1n) is 5.90. The van der Waals surface area contributed by atoms with Gasteiger partial charge in [-0.2, -0.15) is 5.10 Å². The maximum absolute atomic E-state index is 5.77. The molecule has 2 rings (SSSR count). The molecule has 1 heterocycles. The molecule has 0 aliphatic carbocycles. The number of nitrogens with one attached hydrogen (secondary N) is 1. The summed E-state index contributed by atoms with van der Waals surface area (Å²) in [5.74, 6) is 2.30. The zero-order valence-electron chi connectivity index (χ0n) is 10.2. The Morgan fingerprint density at radius 1 is 1.24 bits per heavy atom. The van der Waals surface area contributed by atoms with Gasteiger partial charge >= 0.3 is 0 Å². The van der Waals surface area contributed by atoms with Crippen molar-refractivity contribution in [2.24, 2.45) is 11.7 Å². The van der Waals surface area contributed by atoms with E-state index < -0.39 is 0 Å². The summed E-state index contributed by atoms with van der Waals surface area (Å²) in [6, 6.07) is 9.94. The Labute approximate surface area is 101 Å². The van der Waals surface area contributed by atoms with Gasteiger partial charge in [0.15, 0.2) is 5.82 Å². The highest BCUT2D eigenvalue weighted by atomic mass is 15.2. The fourth-order valence-electron chi connectivity index (χ4n) is 1.86. The Morgan fingerprint density at radius 3 is 2.53 bits per heavy atom. The number of hydrogen-bond donors (Lipinski definition) is 2. The molecule has 17 heavy (non-hydrogen) atoms. The number of nitrogens with two attached hydrogens (primary N) is 1. The number of hydrogen-bond acceptors (Lipinski definition) is 3. The summed E-state index contributed by atoms with van der Waals surface area (Å²) >= 11 is 0. The average molecular weight is 230 g/mol. The Balaban J connectivity index is 2.27. The minimum absolute atomic E-state index is 0.236. The predicted octanol–water partition coefficient (Wildman–Crippen LogP) is 2.17. The molecule has 1 aromatic carbocycles. The van der Waals surface area contributed by atoms with Crippen LogP contribution < -0.4 is 5.73 Å². The van der Waals surface area contributed by atoms with E-state index in [9.17, 15) is 0 Å². The number of aromatic nitrogens is 3. The normalized spacial score (nSPS) is 12.9. The molecule has 0 aliphatic rings. The van der Waals surface area contributed by atoms with Crippen LogP contribution in [0.25, 0.3) is 11.4 Å². The van der Waals surface area contributed by atoms with Gasteiger partial charge in [-0.15, -0.1) is 0 Å². The van der Waals surface area contributed by atoms with Crippen LogP contribution >= 0.6 is 0 Å². The molecule has 1 unspecified atom stereocenters. The van der Waals surface area contributed by atoms with Crippen LogP contribution in [0.2, 0.25) is 0 Å². The maximum atomic E-state index is 5.77. The molecule has 1 aromatic heterocycles. The van der Waals surface area contributed by atoms with Crippen molar-refractivity contribution < 1.29 is 0 Å². The first-order valence-corrected chi connectivity index (χ1v) is 5.90. The van der Waals surface area contributed by atoms with Crippen molar-refractivity contribution >= 4 is 0 Å². The molecule has 3 N–H and O–H groups in total. The number of rotatable bonds is 4. The van der Waals surface area contributed by atoms with Gasteiger partial charge in [0.25, 0.3) is 0 Å². The minimum Gasteiger partial charge on any atom is -0.330 e. The molecule has 0 saturated heterocycles. The third-order valence-corrected chi connectivity index (χ3v) is 2.94. The highest BCUT2D eigenvalue weighted by molar-refractivity contribution is 5.53. The Morgan fingerprint density at radius 2 is 1.94 bits per heavy atom. The molecule has 4 heteroatoms. The smallest absolute Gasteiger partial charge is 0.181 e. The van der Waals surface area contributed by atoms with Gasteiger partial charge in [0.2, 0.25) is 0 Å². The van der Waals surface area contributed by atoms with Gasteiger partial charge in [0.05, 0.1) is 0 Å². The molecule has 0 aliphatic heterocycles. The highest BCUT2D eigenvalue weighted by Gasteiger charge is 2.18. The van der Waals surface area contributed by atoms with Gasteiger partial charge < -0.3 is 5.73 Å². The van der Waals surface area contributed by atoms with Crippen molar-refractivity contribution in [3.8, 4) is 11.4 Å². The molecule has 0 amide bonds. The molecule has 0 bridgehead atoms. The molecule has 4 nitrogen and oxygen atoms in total. The van der Waals surface area contributed by atoms with Gasteiger partial charge in [-0.25, -0.2) is 4.98 Å². The number of benzene rings is 1. The molecular formula is C13H18N4. The predicted molar refractivity (Wildman–Crippen MR) is 68.5 cm³/mol. The van der Waals surface area contributed by atoms with Crippen LogP contribution in [-0.4, -0.2) is 21.7 Å². The second-order valence-electron chi connectivity index (χ2n) is 4.50. The molecule has 0 radical (unpaired) electrons. The molecular weight excluding hydrogens is 212 g/mol. The van der Waals surface area contributed by atoms with Crippen LogP contribution in [-0.2, 0) is 0 Å². The van der Waals surface area contributed by atoms with Gasteiger partial charge in [-0.1, -0.05) is 44.2 Å². The van der Waals surface area contributed by atoms with Crippen molar-refractivity contribution in [1.82, 2.24) is 15.2 Å². The zero-order valence-corrected chi connectivity index (χ0v) is 10.2. The van der Waals surface area contributed by atoms with E-state index >= 15 is 0 Å². The van der Waals surface area contributed by atoms with E-state index in [0.717, 1.165) is 17.2 Å². The second-order valence-corrected chi connectivity index (χ2v) is 4.50. The molecule has 0 saturated carbocycles. The van der Waals surface area contributed by atoms with Crippen LogP contribution in [0.1, 0.15) is 25.6 Å². The van der Waals surface area contributed by atoms with Crippen LogP contribution in [0.3, 0.4) is 0 Å². The van der Waals surface area contributed by atoms with Crippen LogP contribution in [0.15, 0.2) is 30.3 Å². The summed E-state index contributed by atoms with van der Waals surface area (Å²) in [7, 11) is 0. The SMILES string of the molecule is CC(C)C(CN)c1nc(-c2ccccc2)n[nH]1. The van der Waals surface area contributed by atoms with E-state index in [1.165, 1.54) is 0 Å². The lowest BCUT2D eigenvalue weighted by molar-refractivity contribution is 0.485. The van der Waals surface area contributed by atoms with Gasteiger partial charge in [-0.05, 0) is 5.92 Å². The van der Waals surface area contributed by atoms with E-state index in [2.05, 4.69) is 29.0 Å². The van der Waals surface area contributed by atoms with Crippen molar-refractivity contribution in [3.05, 3.63) is 36.2 Å². The fourth-order valence-corrected chi connectivity index (χ4v) is 1.86. The lowest BCUT2D eigenvalue weighted by Gasteiger charge is -2.14. The Hall–Kier alpha value is -1.68. The minimum atomic E-state index is 0.236. The Bertz CT molecular complexity index is 461. The summed E-state index contributed by atoms with van der Waals surface area (Å²) in [5, 5.41) is 7.24. The number of nitrogens with zero attached hydrogens (tertiary/aromatic N) is 2. The van der Waals surface area contributed by atoms with E-state index in [-0.39, 0.29) is 5.92 Å². The number of H-pyrrole nitrogens is 1. The summed E-state index contributed by atoms with van der Waals surface area (Å²) < 4.78 is 0. The summed E-state index contributed by atoms with van der Waals surface area (Å²) in [6.07, 6.45) is 0. The molecule has 0 fully saturated rings. The Kier molecular flexibility index (Phi) is 3.54. The summed E-state index contributed by atoms with van der Waals surface area (Å²) in [5.41, 5.74) is 6.79.